The summed E-state index contributed by atoms with van der Waals surface area (Å²) in [5.41, 5.74) is -0.0800. The second kappa shape index (κ2) is 11.7. The van der Waals surface area contributed by atoms with Crippen LogP contribution in [0.5, 0.6) is 0 Å². The van der Waals surface area contributed by atoms with Crippen LogP contribution in [0.2, 0.25) is 5.02 Å². The lowest BCUT2D eigenvalue weighted by Gasteiger charge is -2.21. The van der Waals surface area contributed by atoms with E-state index in [1.807, 2.05) is 0 Å². The van der Waals surface area contributed by atoms with Crippen molar-refractivity contribution in [2.24, 2.45) is 0 Å². The molecule has 1 saturated carbocycles. The Morgan fingerprint density at radius 3 is 2.30 bits per heavy atom. The van der Waals surface area contributed by atoms with Crippen molar-refractivity contribution in [3.8, 4) is 0 Å². The summed E-state index contributed by atoms with van der Waals surface area (Å²) in [6.45, 7) is 3.66. The molecular weight excluding hydrogens is 428 g/mol. The summed E-state index contributed by atoms with van der Waals surface area (Å²) in [6, 6.07) is 4.00. The van der Waals surface area contributed by atoms with Crippen molar-refractivity contribution in [3.05, 3.63) is 28.8 Å². The smallest absolute Gasteiger partial charge is 0.340 e. The summed E-state index contributed by atoms with van der Waals surface area (Å²) in [7, 11) is -3.74. The maximum Gasteiger partial charge on any atom is 0.340 e. The van der Waals surface area contributed by atoms with Crippen molar-refractivity contribution >= 4 is 33.5 Å². The summed E-state index contributed by atoms with van der Waals surface area (Å²) in [6.07, 6.45) is 7.59. The van der Waals surface area contributed by atoms with Gasteiger partial charge in [-0.3, -0.25) is 4.79 Å². The van der Waals surface area contributed by atoms with Crippen LogP contribution in [0.15, 0.2) is 23.1 Å². The Morgan fingerprint density at radius 2 is 1.70 bits per heavy atom. The van der Waals surface area contributed by atoms with E-state index in [1.54, 1.807) is 13.8 Å². The zero-order chi connectivity index (χ0) is 22.1. The number of halogens is 1. The minimum atomic E-state index is -3.74. The molecular formula is C21H31ClN2O5S. The molecule has 1 aromatic carbocycles. The molecule has 1 amide bonds. The molecule has 0 saturated heterocycles. The van der Waals surface area contributed by atoms with Gasteiger partial charge in [0.25, 0.3) is 5.91 Å². The molecule has 0 spiro atoms. The molecule has 0 atom stereocenters. The monoisotopic (exact) mass is 458 g/mol. The molecule has 30 heavy (non-hydrogen) atoms. The summed E-state index contributed by atoms with van der Waals surface area (Å²) in [4.78, 5) is 24.6. The van der Waals surface area contributed by atoms with E-state index in [0.29, 0.717) is 13.1 Å². The van der Waals surface area contributed by atoms with Gasteiger partial charge in [0.2, 0.25) is 10.0 Å². The van der Waals surface area contributed by atoms with Crippen molar-refractivity contribution < 1.29 is 22.7 Å². The molecule has 0 aromatic heterocycles. The second-order valence-electron chi connectivity index (χ2n) is 7.42. The Balaban J connectivity index is 2.01. The van der Waals surface area contributed by atoms with Gasteiger partial charge in [-0.05, 0) is 31.0 Å². The van der Waals surface area contributed by atoms with Gasteiger partial charge in [-0.25, -0.2) is 13.2 Å². The van der Waals surface area contributed by atoms with E-state index in [4.69, 9.17) is 16.3 Å². The molecule has 0 heterocycles. The first-order valence-corrected chi connectivity index (χ1v) is 12.4. The van der Waals surface area contributed by atoms with Crippen molar-refractivity contribution in [2.45, 2.75) is 69.7 Å². The quantitative estimate of drug-likeness (QED) is 0.599. The highest BCUT2D eigenvalue weighted by atomic mass is 35.5. The average Bonchev–Trinajstić information content (AvgIpc) is 2.69. The third kappa shape index (κ3) is 6.68. The van der Waals surface area contributed by atoms with Crippen LogP contribution in [0.1, 0.15) is 69.2 Å². The molecule has 0 radical (unpaired) electrons. The molecule has 0 aliphatic heterocycles. The standard InChI is InChI=1S/C21H31ClN2O5S/c1-3-24(4-2)30(27,28)17-12-13-19(22)18(14-17)21(26)29-15-20(25)23-16-10-8-6-5-7-9-11-16/h12-14,16H,3-11,15H2,1-2H3,(H,23,25). The summed E-state index contributed by atoms with van der Waals surface area (Å²) >= 11 is 6.08. The van der Waals surface area contributed by atoms with Gasteiger partial charge in [0.1, 0.15) is 0 Å². The molecule has 1 aliphatic carbocycles. The minimum absolute atomic E-state index is 0.0403. The fraction of sp³-hybridized carbons (Fsp3) is 0.619. The van der Waals surface area contributed by atoms with Gasteiger partial charge >= 0.3 is 5.97 Å². The lowest BCUT2D eigenvalue weighted by Crippen LogP contribution is -2.38. The number of nitrogens with one attached hydrogen (secondary N) is 1. The van der Waals surface area contributed by atoms with Crippen LogP contribution >= 0.6 is 11.6 Å². The normalized spacial score (nSPS) is 16.0. The van der Waals surface area contributed by atoms with Crippen LogP contribution in [-0.2, 0) is 19.6 Å². The average molecular weight is 459 g/mol. The lowest BCUT2D eigenvalue weighted by atomic mass is 9.97. The van der Waals surface area contributed by atoms with E-state index in [0.717, 1.165) is 25.7 Å². The molecule has 1 aliphatic rings. The summed E-state index contributed by atoms with van der Waals surface area (Å²) < 4.78 is 31.8. The summed E-state index contributed by atoms with van der Waals surface area (Å²) in [5.74, 6) is -1.19. The Bertz CT molecular complexity index is 832. The number of carbonyl (C=O) groups excluding carboxylic acids is 2. The highest BCUT2D eigenvalue weighted by molar-refractivity contribution is 7.89. The third-order valence-electron chi connectivity index (χ3n) is 5.31. The van der Waals surface area contributed by atoms with Crippen LogP contribution in [-0.4, -0.2) is 50.3 Å². The Hall–Kier alpha value is -1.64. The van der Waals surface area contributed by atoms with E-state index >= 15 is 0 Å². The van der Waals surface area contributed by atoms with Gasteiger partial charge < -0.3 is 10.1 Å². The zero-order valence-electron chi connectivity index (χ0n) is 17.7. The number of rotatable bonds is 8. The molecule has 7 nitrogen and oxygen atoms in total. The van der Waals surface area contributed by atoms with Crippen LogP contribution in [0.25, 0.3) is 0 Å². The van der Waals surface area contributed by atoms with E-state index in [-0.39, 0.29) is 27.4 Å². The van der Waals surface area contributed by atoms with Gasteiger partial charge in [0.05, 0.1) is 15.5 Å². The molecule has 0 bridgehead atoms. The number of amides is 1. The first-order chi connectivity index (χ1) is 14.3. The predicted molar refractivity (Wildman–Crippen MR) is 116 cm³/mol. The van der Waals surface area contributed by atoms with E-state index in [9.17, 15) is 18.0 Å². The number of esters is 1. The summed E-state index contributed by atoms with van der Waals surface area (Å²) in [5, 5.41) is 2.99. The van der Waals surface area contributed by atoms with Gasteiger partial charge in [-0.15, -0.1) is 0 Å². The fourth-order valence-corrected chi connectivity index (χ4v) is 5.29. The first kappa shape index (κ1) is 24.6. The van der Waals surface area contributed by atoms with Gasteiger partial charge in [-0.2, -0.15) is 4.31 Å². The van der Waals surface area contributed by atoms with Crippen LogP contribution in [0.3, 0.4) is 0 Å². The highest BCUT2D eigenvalue weighted by Gasteiger charge is 2.24. The molecule has 1 fully saturated rings. The molecule has 1 aromatic rings. The number of hydrogen-bond acceptors (Lipinski definition) is 5. The lowest BCUT2D eigenvalue weighted by molar-refractivity contribution is -0.125. The zero-order valence-corrected chi connectivity index (χ0v) is 19.2. The number of nitrogens with zero attached hydrogens (tertiary/aromatic N) is 1. The molecule has 2 rings (SSSR count). The predicted octanol–water partition coefficient (Wildman–Crippen LogP) is 3.76. The number of benzene rings is 1. The fourth-order valence-electron chi connectivity index (χ4n) is 3.61. The van der Waals surface area contributed by atoms with Crippen molar-refractivity contribution in [3.63, 3.8) is 0 Å². The number of carbonyl (C=O) groups is 2. The maximum atomic E-state index is 12.7. The number of hydrogen-bond donors (Lipinski definition) is 1. The van der Waals surface area contributed by atoms with Crippen molar-refractivity contribution in [2.75, 3.05) is 19.7 Å². The number of sulfonamides is 1. The van der Waals surface area contributed by atoms with Crippen LogP contribution < -0.4 is 5.32 Å². The Kier molecular flexibility index (Phi) is 9.58. The molecule has 1 N–H and O–H groups in total. The minimum Gasteiger partial charge on any atom is -0.452 e. The van der Waals surface area contributed by atoms with E-state index in [1.165, 1.54) is 41.8 Å². The van der Waals surface area contributed by atoms with Crippen LogP contribution in [0.4, 0.5) is 0 Å². The Morgan fingerprint density at radius 1 is 1.10 bits per heavy atom. The van der Waals surface area contributed by atoms with Gasteiger partial charge in [0, 0.05) is 19.1 Å². The second-order valence-corrected chi connectivity index (χ2v) is 9.76. The highest BCUT2D eigenvalue weighted by Crippen LogP contribution is 2.24. The molecule has 0 unspecified atom stereocenters. The number of ether oxygens (including phenoxy) is 1. The van der Waals surface area contributed by atoms with Crippen molar-refractivity contribution in [1.82, 2.24) is 9.62 Å². The molecule has 9 heteroatoms. The third-order valence-corrected chi connectivity index (χ3v) is 7.68. The SMILES string of the molecule is CCN(CC)S(=O)(=O)c1ccc(Cl)c(C(=O)OCC(=O)NC2CCCCCCC2)c1. The van der Waals surface area contributed by atoms with Gasteiger partial charge in [0.15, 0.2) is 6.61 Å². The van der Waals surface area contributed by atoms with Crippen LogP contribution in [0, 0.1) is 0 Å². The topological polar surface area (TPSA) is 92.8 Å². The molecule has 168 valence electrons. The van der Waals surface area contributed by atoms with Gasteiger partial charge in [-0.1, -0.05) is 57.6 Å². The van der Waals surface area contributed by atoms with E-state index < -0.39 is 22.6 Å². The first-order valence-electron chi connectivity index (χ1n) is 10.6. The Labute approximate surface area is 184 Å². The largest absolute Gasteiger partial charge is 0.452 e. The van der Waals surface area contributed by atoms with Crippen molar-refractivity contribution in [1.29, 1.82) is 0 Å². The van der Waals surface area contributed by atoms with E-state index in [2.05, 4.69) is 5.32 Å². The maximum absolute atomic E-state index is 12.7.